The zero-order valence-corrected chi connectivity index (χ0v) is 51.3. The van der Waals surface area contributed by atoms with Crippen LogP contribution in [0.15, 0.2) is 93.9 Å². The van der Waals surface area contributed by atoms with Crippen LogP contribution in [0.3, 0.4) is 0 Å². The Bertz CT molecular complexity index is 2400. The van der Waals surface area contributed by atoms with E-state index in [2.05, 4.69) is 140 Å². The minimum atomic E-state index is 0.800. The van der Waals surface area contributed by atoms with Gasteiger partial charge in [0.25, 0.3) is 0 Å². The van der Waals surface area contributed by atoms with Crippen molar-refractivity contribution in [3.05, 3.63) is 116 Å². The van der Waals surface area contributed by atoms with Crippen LogP contribution in [-0.2, 0) is 25.7 Å². The van der Waals surface area contributed by atoms with E-state index in [4.69, 9.17) is 0 Å². The maximum Gasteiger partial charge on any atom is 0.0676 e. The first-order chi connectivity index (χ1) is 37.6. The molecule has 414 valence electrons. The minimum Gasteiger partial charge on any atom is -0.312 e. The Morgan fingerprint density at radius 3 is 0.947 bits per heavy atom. The molecule has 0 saturated carbocycles. The first-order valence-corrected chi connectivity index (χ1v) is 34.0. The molecule has 0 fully saturated rings. The van der Waals surface area contributed by atoms with Crippen LogP contribution in [0.25, 0.3) is 44.3 Å². The Kier molecular flexibility index (Phi) is 25.5. The minimum absolute atomic E-state index is 0.800. The smallest absolute Gasteiger partial charge is 0.0676 e. The highest BCUT2D eigenvalue weighted by Gasteiger charge is 2.29. The average Bonchev–Trinajstić information content (AvgIpc) is 4.00. The fourth-order valence-corrected chi connectivity index (χ4v) is 15.0. The Labute approximate surface area is 481 Å². The summed E-state index contributed by atoms with van der Waals surface area (Å²) >= 11 is 8.04. The van der Waals surface area contributed by atoms with Crippen LogP contribution < -0.4 is 0 Å². The first-order valence-electron chi connectivity index (χ1n) is 32.4. The van der Waals surface area contributed by atoms with Gasteiger partial charge in [-0.1, -0.05) is 281 Å². The molecular formula is C72H102Br2N2. The fraction of sp³-hybridized carbons (Fsp3) is 0.611. The van der Waals surface area contributed by atoms with Gasteiger partial charge in [-0.05, 0) is 141 Å². The molecule has 2 aliphatic carbocycles. The van der Waals surface area contributed by atoms with Crippen LogP contribution in [0.5, 0.6) is 0 Å². The lowest BCUT2D eigenvalue weighted by Crippen LogP contribution is -2.16. The Balaban J connectivity index is 0.795. The molecule has 4 aromatic carbocycles. The van der Waals surface area contributed by atoms with Gasteiger partial charge in [0.05, 0.1) is 11.0 Å². The van der Waals surface area contributed by atoms with Crippen LogP contribution in [0.4, 0.5) is 0 Å². The van der Waals surface area contributed by atoms with Gasteiger partial charge in [-0.2, -0.15) is 0 Å². The molecule has 2 atom stereocenters. The molecule has 2 aromatic heterocycles. The third-order valence-electron chi connectivity index (χ3n) is 18.4. The highest BCUT2D eigenvalue weighted by molar-refractivity contribution is 9.11. The summed E-state index contributed by atoms with van der Waals surface area (Å²) in [5.41, 5.74) is 14.0. The Morgan fingerprint density at radius 2 is 0.645 bits per heavy atom. The molecule has 0 spiro atoms. The topological polar surface area (TPSA) is 9.86 Å². The SMILES string of the molecule is CCCCCCCCCCCCCCCCCCC1CCc2c(c3cccc(Br)c3n2-c2ccc(-c3ccc(-n4c5c(c6cccc(Br)c64)CC(CCCCCCCCCCCCCCCCCC)CC5)cc3)cc2)C1. The van der Waals surface area contributed by atoms with Crippen LogP contribution >= 0.6 is 31.9 Å². The van der Waals surface area contributed by atoms with Gasteiger partial charge < -0.3 is 9.13 Å². The molecule has 0 bridgehead atoms. The number of para-hydroxylation sites is 2. The second-order valence-electron chi connectivity index (χ2n) is 24.3. The van der Waals surface area contributed by atoms with Crippen molar-refractivity contribution in [2.45, 2.75) is 271 Å². The maximum absolute atomic E-state index is 4.02. The number of hydrogen-bond acceptors (Lipinski definition) is 0. The van der Waals surface area contributed by atoms with Crippen molar-refractivity contribution in [3.63, 3.8) is 0 Å². The van der Waals surface area contributed by atoms with Gasteiger partial charge in [-0.15, -0.1) is 0 Å². The highest BCUT2D eigenvalue weighted by atomic mass is 79.9. The van der Waals surface area contributed by atoms with Crippen LogP contribution in [-0.4, -0.2) is 9.13 Å². The van der Waals surface area contributed by atoms with Crippen molar-refractivity contribution in [3.8, 4) is 22.5 Å². The van der Waals surface area contributed by atoms with Gasteiger partial charge in [0.2, 0.25) is 0 Å². The molecule has 0 amide bonds. The lowest BCUT2D eigenvalue weighted by Gasteiger charge is -2.24. The van der Waals surface area contributed by atoms with Crippen LogP contribution in [0.2, 0.25) is 0 Å². The fourth-order valence-electron chi connectivity index (χ4n) is 13.9. The molecule has 2 heterocycles. The quantitative estimate of drug-likeness (QED) is 0.0344. The zero-order valence-electron chi connectivity index (χ0n) is 48.2. The number of unbranched alkanes of at least 4 members (excludes halogenated alkanes) is 30. The summed E-state index contributed by atoms with van der Waals surface area (Å²) < 4.78 is 7.59. The van der Waals surface area contributed by atoms with Gasteiger partial charge in [0, 0.05) is 42.5 Å². The summed E-state index contributed by atoms with van der Waals surface area (Å²) in [6, 6.07) is 32.6. The molecular weight excluding hydrogens is 1050 g/mol. The van der Waals surface area contributed by atoms with E-state index < -0.39 is 0 Å². The largest absolute Gasteiger partial charge is 0.312 e. The van der Waals surface area contributed by atoms with Crippen molar-refractivity contribution >= 4 is 53.7 Å². The van der Waals surface area contributed by atoms with E-state index in [9.17, 15) is 0 Å². The molecule has 6 aromatic rings. The number of halogens is 2. The molecule has 0 aliphatic heterocycles. The second kappa shape index (κ2) is 32.9. The van der Waals surface area contributed by atoms with Crippen molar-refractivity contribution in [1.82, 2.24) is 9.13 Å². The molecule has 0 N–H and O–H groups in total. The third-order valence-corrected chi connectivity index (χ3v) is 19.7. The van der Waals surface area contributed by atoms with Gasteiger partial charge in [-0.25, -0.2) is 0 Å². The molecule has 76 heavy (non-hydrogen) atoms. The van der Waals surface area contributed by atoms with Gasteiger partial charge in [-0.3, -0.25) is 0 Å². The molecule has 0 saturated heterocycles. The molecule has 2 aliphatic rings. The Hall–Kier alpha value is -3.08. The standard InChI is InChI=1S/C72H102Br2N2/c1-3-5-7-9-11-13-15-17-19-21-23-25-27-29-31-33-37-57-43-53-69-65(55-57)63-39-35-41-67(73)71(63)75(69)61-49-45-59(46-50-61)60-47-51-62(52-48-60)76-70-54-44-58(56-66(70)64-40-36-42-68(74)72(64)76)38-34-32-30-28-26-24-22-20-18-16-14-12-10-8-6-4-2/h35-36,39-42,45-52,57-58H,3-34,37-38,43-44,53-56H2,1-2H3. The van der Waals surface area contributed by atoms with E-state index in [0.717, 1.165) is 24.7 Å². The lowest BCUT2D eigenvalue weighted by atomic mass is 9.83. The Morgan fingerprint density at radius 1 is 0.355 bits per heavy atom. The number of rotatable bonds is 37. The summed E-state index contributed by atoms with van der Waals surface area (Å²) in [5.74, 6) is 1.60. The zero-order chi connectivity index (χ0) is 52.6. The van der Waals surface area contributed by atoms with Crippen molar-refractivity contribution in [2.24, 2.45) is 11.8 Å². The predicted molar refractivity (Wildman–Crippen MR) is 340 cm³/mol. The molecule has 8 rings (SSSR count). The maximum atomic E-state index is 4.02. The van der Waals surface area contributed by atoms with Crippen LogP contribution in [0, 0.1) is 11.8 Å². The van der Waals surface area contributed by atoms with Gasteiger partial charge in [0.15, 0.2) is 0 Å². The van der Waals surface area contributed by atoms with E-state index in [-0.39, 0.29) is 0 Å². The molecule has 2 nitrogen and oxygen atoms in total. The predicted octanol–water partition coefficient (Wildman–Crippen LogP) is 24.3. The number of benzene rings is 4. The van der Waals surface area contributed by atoms with E-state index in [0.29, 0.717) is 0 Å². The highest BCUT2D eigenvalue weighted by Crippen LogP contribution is 2.43. The van der Waals surface area contributed by atoms with Crippen molar-refractivity contribution in [1.29, 1.82) is 0 Å². The van der Waals surface area contributed by atoms with Gasteiger partial charge in [0.1, 0.15) is 0 Å². The number of nitrogens with zero attached hydrogens (tertiary/aromatic N) is 2. The molecule has 4 heteroatoms. The van der Waals surface area contributed by atoms with E-state index in [1.165, 1.54) is 309 Å². The van der Waals surface area contributed by atoms with Gasteiger partial charge >= 0.3 is 0 Å². The lowest BCUT2D eigenvalue weighted by molar-refractivity contribution is 0.401. The first kappa shape index (κ1) is 59.1. The molecule has 0 radical (unpaired) electrons. The van der Waals surface area contributed by atoms with Crippen molar-refractivity contribution in [2.75, 3.05) is 0 Å². The summed E-state index contributed by atoms with van der Waals surface area (Å²) in [6.07, 6.45) is 56.1. The second-order valence-corrected chi connectivity index (χ2v) is 26.0. The van der Waals surface area contributed by atoms with E-state index in [1.54, 1.807) is 11.1 Å². The summed E-state index contributed by atoms with van der Waals surface area (Å²) in [4.78, 5) is 0. The average molecular weight is 1160 g/mol. The monoisotopic (exact) mass is 1150 g/mol. The third kappa shape index (κ3) is 17.0. The van der Waals surface area contributed by atoms with E-state index in [1.807, 2.05) is 0 Å². The summed E-state index contributed by atoms with van der Waals surface area (Å²) in [6.45, 7) is 4.62. The van der Waals surface area contributed by atoms with E-state index >= 15 is 0 Å². The van der Waals surface area contributed by atoms with Crippen molar-refractivity contribution < 1.29 is 0 Å². The summed E-state index contributed by atoms with van der Waals surface area (Å²) in [5, 5.41) is 2.89. The number of hydrogen-bond donors (Lipinski definition) is 0. The van der Waals surface area contributed by atoms with Crippen LogP contribution in [0.1, 0.15) is 268 Å². The number of aromatic nitrogens is 2. The number of fused-ring (bicyclic) bond motifs is 6. The summed E-state index contributed by atoms with van der Waals surface area (Å²) in [7, 11) is 0. The molecule has 2 unspecified atom stereocenters. The normalized spacial score (nSPS) is 15.5.